The van der Waals surface area contributed by atoms with E-state index in [4.69, 9.17) is 10.5 Å². The molecule has 1 fully saturated rings. The molecule has 2 N–H and O–H groups in total. The molecule has 1 atom stereocenters. The van der Waals surface area contributed by atoms with Gasteiger partial charge in [0, 0.05) is 26.2 Å². The van der Waals surface area contributed by atoms with Gasteiger partial charge in [-0.3, -0.25) is 0 Å². The number of nitrogens with zero attached hydrogens (tertiary/aromatic N) is 5. The van der Waals surface area contributed by atoms with E-state index < -0.39 is 0 Å². The molecule has 7 heteroatoms. The van der Waals surface area contributed by atoms with Crippen LogP contribution in [0.5, 0.6) is 5.75 Å². The lowest BCUT2D eigenvalue weighted by molar-refractivity contribution is 0.191. The van der Waals surface area contributed by atoms with Gasteiger partial charge in [0.1, 0.15) is 5.75 Å². The van der Waals surface area contributed by atoms with Crippen molar-refractivity contribution in [1.29, 1.82) is 0 Å². The van der Waals surface area contributed by atoms with Crippen LogP contribution in [0.25, 0.3) is 0 Å². The van der Waals surface area contributed by atoms with Crippen LogP contribution in [0.2, 0.25) is 0 Å². The third-order valence-electron chi connectivity index (χ3n) is 4.12. The molecule has 0 saturated carbocycles. The quantitative estimate of drug-likeness (QED) is 0.895. The molecular formula is C17H24N6O. The molecule has 0 spiro atoms. The van der Waals surface area contributed by atoms with Crippen molar-refractivity contribution < 1.29 is 4.74 Å². The summed E-state index contributed by atoms with van der Waals surface area (Å²) < 4.78 is 6.03. The van der Waals surface area contributed by atoms with Gasteiger partial charge in [0.15, 0.2) is 11.9 Å². The summed E-state index contributed by atoms with van der Waals surface area (Å²) in [5, 5.41) is 0. The van der Waals surface area contributed by atoms with Crippen LogP contribution in [-0.2, 0) is 0 Å². The summed E-state index contributed by atoms with van der Waals surface area (Å²) in [5.74, 6) is 2.26. The first-order valence-corrected chi connectivity index (χ1v) is 8.32. The van der Waals surface area contributed by atoms with E-state index in [0.717, 1.165) is 38.3 Å². The van der Waals surface area contributed by atoms with Crippen molar-refractivity contribution in [3.63, 3.8) is 0 Å². The average molecular weight is 328 g/mol. The summed E-state index contributed by atoms with van der Waals surface area (Å²) in [5.41, 5.74) is 5.92. The molecule has 2 heterocycles. The molecule has 128 valence electrons. The maximum absolute atomic E-state index is 6.03. The third kappa shape index (κ3) is 3.91. The lowest BCUT2D eigenvalue weighted by atomic mass is 10.2. The highest BCUT2D eigenvalue weighted by Crippen LogP contribution is 2.24. The Morgan fingerprint density at radius 2 is 1.79 bits per heavy atom. The largest absolute Gasteiger partial charge is 0.482 e. The second-order valence-corrected chi connectivity index (χ2v) is 5.97. The number of anilines is 2. The number of hydrogen-bond acceptors (Lipinski definition) is 7. The normalized spacial score (nSPS) is 16.8. The summed E-state index contributed by atoms with van der Waals surface area (Å²) in [4.78, 5) is 17.7. The van der Waals surface area contributed by atoms with Crippen LogP contribution in [0, 0.1) is 0 Å². The summed E-state index contributed by atoms with van der Waals surface area (Å²) in [6, 6.07) is 9.70. The first-order chi connectivity index (χ1) is 11.7. The molecule has 0 amide bonds. The van der Waals surface area contributed by atoms with Crippen molar-refractivity contribution in [2.75, 3.05) is 43.9 Å². The molecule has 1 saturated heterocycles. The van der Waals surface area contributed by atoms with E-state index in [1.807, 2.05) is 37.3 Å². The number of benzene rings is 1. The minimum absolute atomic E-state index is 0.240. The topological polar surface area (TPSA) is 80.4 Å². The van der Waals surface area contributed by atoms with Crippen molar-refractivity contribution in [3.05, 3.63) is 36.2 Å². The Kier molecular flexibility index (Phi) is 5.10. The van der Waals surface area contributed by atoms with Gasteiger partial charge in [-0.15, -0.1) is 0 Å². The van der Waals surface area contributed by atoms with E-state index in [-0.39, 0.29) is 12.1 Å². The smallest absolute Gasteiger partial charge is 0.230 e. The van der Waals surface area contributed by atoms with Gasteiger partial charge in [-0.1, -0.05) is 25.1 Å². The summed E-state index contributed by atoms with van der Waals surface area (Å²) in [6.45, 7) is 5.78. The Morgan fingerprint density at radius 1 is 1.08 bits per heavy atom. The molecule has 3 rings (SSSR count). The van der Waals surface area contributed by atoms with Crippen molar-refractivity contribution in [2.24, 2.45) is 0 Å². The number of aromatic nitrogens is 3. The van der Waals surface area contributed by atoms with Gasteiger partial charge < -0.3 is 20.3 Å². The minimum Gasteiger partial charge on any atom is -0.482 e. The Labute approximate surface area is 142 Å². The minimum atomic E-state index is -0.246. The molecular weight excluding hydrogens is 304 g/mol. The van der Waals surface area contributed by atoms with Crippen LogP contribution < -0.4 is 15.4 Å². The van der Waals surface area contributed by atoms with Gasteiger partial charge >= 0.3 is 0 Å². The second kappa shape index (κ2) is 7.44. The molecule has 1 aromatic heterocycles. The highest BCUT2D eigenvalue weighted by molar-refractivity contribution is 5.36. The average Bonchev–Trinajstić information content (AvgIpc) is 2.60. The summed E-state index contributed by atoms with van der Waals surface area (Å²) in [7, 11) is 2.12. The predicted octanol–water partition coefficient (Wildman–Crippen LogP) is 1.74. The zero-order chi connectivity index (χ0) is 16.9. The van der Waals surface area contributed by atoms with E-state index >= 15 is 0 Å². The van der Waals surface area contributed by atoms with Crippen LogP contribution >= 0.6 is 0 Å². The van der Waals surface area contributed by atoms with Crippen LogP contribution in [-0.4, -0.2) is 53.1 Å². The summed E-state index contributed by atoms with van der Waals surface area (Å²) >= 11 is 0. The second-order valence-electron chi connectivity index (χ2n) is 5.97. The fourth-order valence-electron chi connectivity index (χ4n) is 2.67. The Hall–Kier alpha value is -2.41. The van der Waals surface area contributed by atoms with Gasteiger partial charge in [0.05, 0.1) is 0 Å². The summed E-state index contributed by atoms with van der Waals surface area (Å²) in [6.07, 6.45) is 0.504. The highest BCUT2D eigenvalue weighted by Gasteiger charge is 2.21. The van der Waals surface area contributed by atoms with E-state index in [0.29, 0.717) is 11.8 Å². The molecule has 1 aliphatic rings. The maximum Gasteiger partial charge on any atom is 0.230 e. The fourth-order valence-corrected chi connectivity index (χ4v) is 2.67. The van der Waals surface area contributed by atoms with Gasteiger partial charge in [-0.05, 0) is 25.6 Å². The first kappa shape index (κ1) is 16.4. The van der Waals surface area contributed by atoms with E-state index in [2.05, 4.69) is 31.8 Å². The SMILES string of the molecule is CCC(Oc1ccccc1)c1nc(N)nc(N2CCN(C)CC2)n1. The molecule has 7 nitrogen and oxygen atoms in total. The predicted molar refractivity (Wildman–Crippen MR) is 94.1 cm³/mol. The highest BCUT2D eigenvalue weighted by atomic mass is 16.5. The third-order valence-corrected chi connectivity index (χ3v) is 4.12. The molecule has 1 aromatic carbocycles. The zero-order valence-electron chi connectivity index (χ0n) is 14.2. The van der Waals surface area contributed by atoms with Gasteiger partial charge in [0.2, 0.25) is 11.9 Å². The van der Waals surface area contributed by atoms with Gasteiger partial charge in [-0.2, -0.15) is 15.0 Å². The van der Waals surface area contributed by atoms with Crippen molar-refractivity contribution >= 4 is 11.9 Å². The molecule has 0 bridgehead atoms. The fraction of sp³-hybridized carbons (Fsp3) is 0.471. The van der Waals surface area contributed by atoms with Crippen LogP contribution in [0.15, 0.2) is 30.3 Å². The Morgan fingerprint density at radius 3 is 2.46 bits per heavy atom. The number of para-hydroxylation sites is 1. The Balaban J connectivity index is 1.81. The number of ether oxygens (including phenoxy) is 1. The molecule has 0 aliphatic carbocycles. The van der Waals surface area contributed by atoms with E-state index in [1.54, 1.807) is 0 Å². The number of nitrogens with two attached hydrogens (primary N) is 1. The number of piperazine rings is 1. The lowest BCUT2D eigenvalue weighted by Crippen LogP contribution is -2.45. The van der Waals surface area contributed by atoms with Crippen LogP contribution in [0.3, 0.4) is 0 Å². The van der Waals surface area contributed by atoms with Crippen molar-refractivity contribution in [3.8, 4) is 5.75 Å². The van der Waals surface area contributed by atoms with Crippen LogP contribution in [0.4, 0.5) is 11.9 Å². The Bertz CT molecular complexity index is 657. The van der Waals surface area contributed by atoms with Crippen molar-refractivity contribution in [2.45, 2.75) is 19.4 Å². The first-order valence-electron chi connectivity index (χ1n) is 8.32. The van der Waals surface area contributed by atoms with Crippen LogP contribution in [0.1, 0.15) is 25.3 Å². The molecule has 2 aromatic rings. The van der Waals surface area contributed by atoms with Crippen molar-refractivity contribution in [1.82, 2.24) is 19.9 Å². The van der Waals surface area contributed by atoms with E-state index in [1.165, 1.54) is 0 Å². The molecule has 1 unspecified atom stereocenters. The van der Waals surface area contributed by atoms with Gasteiger partial charge in [0.25, 0.3) is 0 Å². The monoisotopic (exact) mass is 328 g/mol. The molecule has 24 heavy (non-hydrogen) atoms. The van der Waals surface area contributed by atoms with E-state index in [9.17, 15) is 0 Å². The standard InChI is InChI=1S/C17H24N6O/c1-3-14(24-13-7-5-4-6-8-13)15-19-16(18)21-17(20-15)23-11-9-22(2)10-12-23/h4-8,14H,3,9-12H2,1-2H3,(H2,18,19,20,21). The van der Waals surface area contributed by atoms with Gasteiger partial charge in [-0.25, -0.2) is 0 Å². The number of rotatable bonds is 5. The number of hydrogen-bond donors (Lipinski definition) is 1. The maximum atomic E-state index is 6.03. The number of nitrogen functional groups attached to an aromatic ring is 1. The zero-order valence-corrected chi connectivity index (χ0v) is 14.2. The molecule has 0 radical (unpaired) electrons. The number of likely N-dealkylation sites (N-methyl/N-ethyl adjacent to an activating group) is 1. The lowest BCUT2D eigenvalue weighted by Gasteiger charge is -2.32. The molecule has 1 aliphatic heterocycles.